The van der Waals surface area contributed by atoms with Gasteiger partial charge in [-0.05, 0) is 25.3 Å². The molecule has 2 aromatic rings. The van der Waals surface area contributed by atoms with E-state index in [0.29, 0.717) is 10.9 Å². The van der Waals surface area contributed by atoms with Gasteiger partial charge in [-0.1, -0.05) is 35.9 Å². The van der Waals surface area contributed by atoms with E-state index < -0.39 is 0 Å². The third kappa shape index (κ3) is 1.74. The average molecular weight is 214 g/mol. The molecule has 0 heterocycles. The van der Waals surface area contributed by atoms with Gasteiger partial charge in [0, 0.05) is 10.9 Å². The number of allylic oxidation sites excluding steroid dienone is 1. The van der Waals surface area contributed by atoms with Crippen LogP contribution >= 0.6 is 0 Å². The summed E-state index contributed by atoms with van der Waals surface area (Å²) in [5.41, 5.74) is 1.72. The van der Waals surface area contributed by atoms with Gasteiger partial charge in [0.05, 0.1) is 0 Å². The minimum Gasteiger partial charge on any atom is -0.504 e. The first-order valence-electron chi connectivity index (χ1n) is 5.18. The maximum atomic E-state index is 9.87. The molecular formula is C14H14O2. The fourth-order valence-electron chi connectivity index (χ4n) is 1.76. The fraction of sp³-hybridized carbons (Fsp3) is 0.143. The summed E-state index contributed by atoms with van der Waals surface area (Å²) in [6, 6.07) is 9.32. The molecule has 0 bridgehead atoms. The number of aromatic hydroxyl groups is 2. The predicted octanol–water partition coefficient (Wildman–Crippen LogP) is 3.67. The van der Waals surface area contributed by atoms with Crippen molar-refractivity contribution in [2.45, 2.75) is 13.8 Å². The number of phenols is 2. The van der Waals surface area contributed by atoms with E-state index in [-0.39, 0.29) is 11.5 Å². The molecule has 0 spiro atoms. The Labute approximate surface area is 94.5 Å². The molecule has 0 aliphatic rings. The van der Waals surface area contributed by atoms with Crippen molar-refractivity contribution in [3.05, 3.63) is 41.5 Å². The van der Waals surface area contributed by atoms with E-state index in [0.717, 1.165) is 11.0 Å². The molecular weight excluding hydrogens is 200 g/mol. The molecule has 0 amide bonds. The molecule has 16 heavy (non-hydrogen) atoms. The van der Waals surface area contributed by atoms with Crippen LogP contribution in [-0.4, -0.2) is 10.2 Å². The monoisotopic (exact) mass is 214 g/mol. The Bertz CT molecular complexity index is 564. The zero-order valence-electron chi connectivity index (χ0n) is 9.36. The summed E-state index contributed by atoms with van der Waals surface area (Å²) in [6.45, 7) is 3.90. The molecule has 0 radical (unpaired) electrons. The topological polar surface area (TPSA) is 40.5 Å². The number of fused-ring (bicyclic) bond motifs is 1. The predicted molar refractivity (Wildman–Crippen MR) is 66.6 cm³/mol. The van der Waals surface area contributed by atoms with Gasteiger partial charge in [-0.2, -0.15) is 0 Å². The first kappa shape index (κ1) is 10.6. The van der Waals surface area contributed by atoms with Crippen molar-refractivity contribution in [3.8, 4) is 11.5 Å². The molecule has 0 fully saturated rings. The number of benzene rings is 2. The lowest BCUT2D eigenvalue weighted by molar-refractivity contribution is 0.407. The van der Waals surface area contributed by atoms with Crippen molar-refractivity contribution in [1.29, 1.82) is 0 Å². The van der Waals surface area contributed by atoms with Crippen LogP contribution in [-0.2, 0) is 0 Å². The second-order valence-corrected chi connectivity index (χ2v) is 4.11. The third-order valence-corrected chi connectivity index (χ3v) is 2.47. The van der Waals surface area contributed by atoms with Crippen LogP contribution < -0.4 is 0 Å². The van der Waals surface area contributed by atoms with E-state index in [1.165, 1.54) is 0 Å². The van der Waals surface area contributed by atoms with Crippen molar-refractivity contribution < 1.29 is 10.2 Å². The Balaban J connectivity index is 2.79. The Morgan fingerprint density at radius 2 is 1.75 bits per heavy atom. The summed E-state index contributed by atoms with van der Waals surface area (Å²) >= 11 is 0. The van der Waals surface area contributed by atoms with E-state index in [9.17, 15) is 10.2 Å². The highest BCUT2D eigenvalue weighted by molar-refractivity contribution is 5.93. The second-order valence-electron chi connectivity index (χ2n) is 4.11. The number of phenolic OH excluding ortho intramolecular Hbond substituents is 2. The summed E-state index contributed by atoms with van der Waals surface area (Å²) in [5.74, 6) is -0.106. The van der Waals surface area contributed by atoms with E-state index in [1.807, 2.05) is 44.2 Å². The Hall–Kier alpha value is -1.96. The zero-order chi connectivity index (χ0) is 11.7. The maximum Gasteiger partial charge on any atom is 0.166 e. The minimum absolute atomic E-state index is 0.0504. The molecule has 2 rings (SSSR count). The van der Waals surface area contributed by atoms with Crippen molar-refractivity contribution in [1.82, 2.24) is 0 Å². The largest absolute Gasteiger partial charge is 0.504 e. The highest BCUT2D eigenvalue weighted by atomic mass is 16.3. The van der Waals surface area contributed by atoms with Crippen molar-refractivity contribution in [3.63, 3.8) is 0 Å². The van der Waals surface area contributed by atoms with Gasteiger partial charge in [0.25, 0.3) is 0 Å². The van der Waals surface area contributed by atoms with Gasteiger partial charge in [0.15, 0.2) is 11.5 Å². The summed E-state index contributed by atoms with van der Waals surface area (Å²) < 4.78 is 0. The smallest absolute Gasteiger partial charge is 0.166 e. The molecule has 0 aliphatic heterocycles. The van der Waals surface area contributed by atoms with Crippen LogP contribution in [0.25, 0.3) is 16.8 Å². The number of hydrogen-bond acceptors (Lipinski definition) is 2. The van der Waals surface area contributed by atoms with Crippen molar-refractivity contribution in [2.75, 3.05) is 0 Å². The lowest BCUT2D eigenvalue weighted by atomic mass is 10.0. The number of hydrogen-bond donors (Lipinski definition) is 2. The molecule has 0 atom stereocenters. The number of rotatable bonds is 1. The van der Waals surface area contributed by atoms with Crippen molar-refractivity contribution >= 4 is 16.8 Å². The molecule has 0 saturated heterocycles. The zero-order valence-corrected chi connectivity index (χ0v) is 9.36. The van der Waals surface area contributed by atoms with Gasteiger partial charge in [-0.3, -0.25) is 0 Å². The van der Waals surface area contributed by atoms with Crippen LogP contribution in [0.15, 0.2) is 35.9 Å². The van der Waals surface area contributed by atoms with E-state index >= 15 is 0 Å². The van der Waals surface area contributed by atoms with Gasteiger partial charge < -0.3 is 10.2 Å². The Morgan fingerprint density at radius 3 is 2.44 bits per heavy atom. The van der Waals surface area contributed by atoms with Gasteiger partial charge in [0.1, 0.15) is 0 Å². The highest BCUT2D eigenvalue weighted by Gasteiger charge is 2.09. The Kier molecular flexibility index (Phi) is 2.57. The molecule has 0 unspecified atom stereocenters. The van der Waals surface area contributed by atoms with Crippen LogP contribution in [0, 0.1) is 0 Å². The van der Waals surface area contributed by atoms with Gasteiger partial charge in [0.2, 0.25) is 0 Å². The van der Waals surface area contributed by atoms with Crippen LogP contribution in [0.1, 0.15) is 19.4 Å². The fourth-order valence-corrected chi connectivity index (χ4v) is 1.76. The standard InChI is InChI=1S/C14H14O2/c1-9(2)7-11-8-10-5-3-4-6-12(10)14(16)13(11)15/h3-8,15-16H,1-2H3. The summed E-state index contributed by atoms with van der Waals surface area (Å²) in [5, 5.41) is 21.3. The average Bonchev–Trinajstić information content (AvgIpc) is 2.25. The molecule has 2 aromatic carbocycles. The summed E-state index contributed by atoms with van der Waals surface area (Å²) in [7, 11) is 0. The van der Waals surface area contributed by atoms with Crippen LogP contribution in [0.2, 0.25) is 0 Å². The normalized spacial score (nSPS) is 10.4. The molecule has 0 saturated carbocycles. The van der Waals surface area contributed by atoms with Crippen LogP contribution in [0.3, 0.4) is 0 Å². The van der Waals surface area contributed by atoms with Gasteiger partial charge in [-0.25, -0.2) is 0 Å². The molecule has 0 aliphatic carbocycles. The lowest BCUT2D eigenvalue weighted by Gasteiger charge is -2.07. The molecule has 0 aromatic heterocycles. The maximum absolute atomic E-state index is 9.87. The highest BCUT2D eigenvalue weighted by Crippen LogP contribution is 2.37. The van der Waals surface area contributed by atoms with E-state index in [2.05, 4.69) is 0 Å². The first-order chi connectivity index (χ1) is 7.59. The van der Waals surface area contributed by atoms with Crippen LogP contribution in [0.4, 0.5) is 0 Å². The van der Waals surface area contributed by atoms with Gasteiger partial charge >= 0.3 is 0 Å². The summed E-state index contributed by atoms with van der Waals surface area (Å²) in [6.07, 6.45) is 1.85. The third-order valence-electron chi connectivity index (χ3n) is 2.47. The minimum atomic E-state index is -0.0556. The van der Waals surface area contributed by atoms with E-state index in [1.54, 1.807) is 6.07 Å². The lowest BCUT2D eigenvalue weighted by Crippen LogP contribution is -1.81. The molecule has 2 nitrogen and oxygen atoms in total. The van der Waals surface area contributed by atoms with Crippen molar-refractivity contribution in [2.24, 2.45) is 0 Å². The second kappa shape index (κ2) is 3.89. The van der Waals surface area contributed by atoms with E-state index in [4.69, 9.17) is 0 Å². The first-order valence-corrected chi connectivity index (χ1v) is 5.18. The SMILES string of the molecule is CC(C)=Cc1cc2ccccc2c(O)c1O. The van der Waals surface area contributed by atoms with Crippen LogP contribution in [0.5, 0.6) is 11.5 Å². The molecule has 2 heteroatoms. The van der Waals surface area contributed by atoms with Gasteiger partial charge in [-0.15, -0.1) is 0 Å². The molecule has 2 N–H and O–H groups in total. The quantitative estimate of drug-likeness (QED) is 0.711. The summed E-state index contributed by atoms with van der Waals surface area (Å²) in [4.78, 5) is 0. The molecule has 82 valence electrons. The Morgan fingerprint density at radius 1 is 1.06 bits per heavy atom.